The third-order valence-electron chi connectivity index (χ3n) is 8.55. The minimum absolute atomic E-state index is 0.0531. The molecule has 326 valence electrons. The molecule has 0 saturated carbocycles. The lowest BCUT2D eigenvalue weighted by atomic mass is 10.1. The topological polar surface area (TPSA) is 149 Å². The minimum atomic E-state index is -4.64. The quantitative estimate of drug-likeness (QED) is 0.0237. The number of unbranched alkanes of at least 4 members (excludes halogenated alkanes) is 11. The number of hydrogen-bond donors (Lipinski definition) is 3. The Hall–Kier alpha value is -2.85. The van der Waals surface area contributed by atoms with Crippen molar-refractivity contribution in [3.63, 3.8) is 0 Å². The second-order valence-electron chi connectivity index (χ2n) is 14.0. The van der Waals surface area contributed by atoms with Crippen LogP contribution in [0.2, 0.25) is 0 Å². The van der Waals surface area contributed by atoms with Crippen LogP contribution in [0.25, 0.3) is 0 Å². The molecule has 0 bridgehead atoms. The number of carbonyl (C=O) groups is 2. The van der Waals surface area contributed by atoms with E-state index < -0.39 is 51.8 Å². The summed E-state index contributed by atoms with van der Waals surface area (Å²) in [5.74, 6) is -1.04. The number of phosphoric ester groups is 1. The van der Waals surface area contributed by atoms with Gasteiger partial charge in [-0.3, -0.25) is 18.6 Å². The zero-order valence-corrected chi connectivity index (χ0v) is 36.2. The van der Waals surface area contributed by atoms with Gasteiger partial charge < -0.3 is 24.6 Å². The molecule has 10 nitrogen and oxygen atoms in total. The third kappa shape index (κ3) is 41.1. The lowest BCUT2D eigenvalue weighted by Crippen LogP contribution is -2.29. The Labute approximate surface area is 345 Å². The zero-order valence-electron chi connectivity index (χ0n) is 35.3. The van der Waals surface area contributed by atoms with Crippen LogP contribution in [-0.2, 0) is 32.7 Å². The van der Waals surface area contributed by atoms with Crippen LogP contribution in [0.3, 0.4) is 0 Å². The summed E-state index contributed by atoms with van der Waals surface area (Å²) in [6.45, 7) is 2.15. The molecule has 0 aromatic carbocycles. The lowest BCUT2D eigenvalue weighted by molar-refractivity contribution is -0.161. The predicted octanol–water partition coefficient (Wildman–Crippen LogP) is 11.4. The van der Waals surface area contributed by atoms with Crippen LogP contribution >= 0.6 is 7.82 Å². The summed E-state index contributed by atoms with van der Waals surface area (Å²) in [5.41, 5.74) is 0. The monoisotopic (exact) mass is 821 g/mol. The highest BCUT2D eigenvalue weighted by molar-refractivity contribution is 7.47. The van der Waals surface area contributed by atoms with E-state index in [2.05, 4.69) is 91.3 Å². The molecule has 0 aromatic heterocycles. The minimum Gasteiger partial charge on any atom is -0.462 e. The van der Waals surface area contributed by atoms with E-state index in [0.29, 0.717) is 12.8 Å². The molecule has 0 saturated heterocycles. The normalized spacial score (nSPS) is 14.7. The van der Waals surface area contributed by atoms with Crippen LogP contribution in [0.15, 0.2) is 85.1 Å². The summed E-state index contributed by atoms with van der Waals surface area (Å²) in [6, 6.07) is 0. The molecule has 3 atom stereocenters. The molecule has 3 N–H and O–H groups in total. The average Bonchev–Trinajstić information content (AvgIpc) is 3.20. The maximum absolute atomic E-state index is 12.6. The van der Waals surface area contributed by atoms with Crippen LogP contribution in [0.1, 0.15) is 155 Å². The molecule has 0 aliphatic carbocycles. The Bertz CT molecular complexity index is 1220. The van der Waals surface area contributed by atoms with E-state index in [0.717, 1.165) is 77.0 Å². The number of allylic oxidation sites excluding steroid dienone is 14. The number of phosphoric acid groups is 1. The van der Waals surface area contributed by atoms with E-state index in [4.69, 9.17) is 19.1 Å². The van der Waals surface area contributed by atoms with Gasteiger partial charge in [0.15, 0.2) is 6.10 Å². The SMILES string of the molecule is CC/C=C\C/C=C\C/C=C\C/C=C\C/C=C\C/C=C\CCC(=O)O[C@H](COC(=O)CCCCCCC/C=C\CCCCCCCC)COP(=O)(O)OC[C@@H](O)CO. The van der Waals surface area contributed by atoms with Gasteiger partial charge in [-0.1, -0.05) is 150 Å². The van der Waals surface area contributed by atoms with Crippen molar-refractivity contribution >= 4 is 19.8 Å². The number of ether oxygens (including phenoxy) is 2. The van der Waals surface area contributed by atoms with Gasteiger partial charge in [0.1, 0.15) is 12.7 Å². The fourth-order valence-corrected chi connectivity index (χ4v) is 6.04. The van der Waals surface area contributed by atoms with Gasteiger partial charge in [-0.05, 0) is 77.0 Å². The number of esters is 2. The summed E-state index contributed by atoms with van der Waals surface area (Å²) in [7, 11) is -4.64. The van der Waals surface area contributed by atoms with Crippen molar-refractivity contribution in [2.45, 2.75) is 167 Å². The number of aliphatic hydroxyl groups is 2. The molecule has 0 spiro atoms. The molecular weight excluding hydrogens is 743 g/mol. The molecule has 1 unspecified atom stereocenters. The fourth-order valence-electron chi connectivity index (χ4n) is 5.25. The van der Waals surface area contributed by atoms with Crippen molar-refractivity contribution in [3.05, 3.63) is 85.1 Å². The standard InChI is InChI=1S/C46H77O10P/c1-3-5-7-9-11-13-15-17-19-20-21-22-24-26-28-30-32-34-36-38-46(50)56-44(42-55-57(51,52)54-40-43(48)39-47)41-53-45(49)37-35-33-31-29-27-25-23-18-16-14-12-10-8-6-4-2/h5,7,11,13,17-19,21-23,26,28,32,34,43-44,47-48H,3-4,6,8-10,12,14-16,20,24-25,27,29-31,33,35-42H2,1-2H3,(H,51,52)/b7-5-,13-11-,19-17-,22-21-,23-18-,28-26-,34-32-/t43-,44+/m0/s1. The first-order valence-corrected chi connectivity index (χ1v) is 23.0. The van der Waals surface area contributed by atoms with Crippen molar-refractivity contribution < 1.29 is 47.8 Å². The van der Waals surface area contributed by atoms with Gasteiger partial charge in [-0.25, -0.2) is 4.57 Å². The number of aliphatic hydroxyl groups excluding tert-OH is 2. The maximum Gasteiger partial charge on any atom is 0.472 e. The average molecular weight is 821 g/mol. The second kappa shape index (κ2) is 41.3. The Morgan fingerprint density at radius 1 is 0.544 bits per heavy atom. The summed E-state index contributed by atoms with van der Waals surface area (Å²) >= 11 is 0. The molecule has 0 amide bonds. The van der Waals surface area contributed by atoms with Gasteiger partial charge in [0.05, 0.1) is 19.8 Å². The van der Waals surface area contributed by atoms with Crippen molar-refractivity contribution in [2.75, 3.05) is 26.4 Å². The Kier molecular flexibility index (Phi) is 39.2. The molecule has 0 fully saturated rings. The predicted molar refractivity (Wildman–Crippen MR) is 233 cm³/mol. The lowest BCUT2D eigenvalue weighted by Gasteiger charge is -2.20. The molecule has 57 heavy (non-hydrogen) atoms. The molecular formula is C46H77O10P. The van der Waals surface area contributed by atoms with Crippen LogP contribution in [-0.4, -0.2) is 65.7 Å². The Morgan fingerprint density at radius 3 is 1.53 bits per heavy atom. The highest BCUT2D eigenvalue weighted by atomic mass is 31.2. The highest BCUT2D eigenvalue weighted by Crippen LogP contribution is 2.43. The van der Waals surface area contributed by atoms with Crippen molar-refractivity contribution in [1.82, 2.24) is 0 Å². The molecule has 0 aliphatic rings. The van der Waals surface area contributed by atoms with E-state index in [1.807, 2.05) is 12.2 Å². The summed E-state index contributed by atoms with van der Waals surface area (Å²) in [4.78, 5) is 34.9. The third-order valence-corrected chi connectivity index (χ3v) is 9.50. The summed E-state index contributed by atoms with van der Waals surface area (Å²) in [6.07, 6.45) is 48.5. The number of hydrogen-bond acceptors (Lipinski definition) is 9. The Morgan fingerprint density at radius 2 is 1.00 bits per heavy atom. The van der Waals surface area contributed by atoms with Crippen LogP contribution in [0.4, 0.5) is 0 Å². The fraction of sp³-hybridized carbons (Fsp3) is 0.652. The first-order valence-electron chi connectivity index (χ1n) is 21.5. The smallest absolute Gasteiger partial charge is 0.462 e. The first-order chi connectivity index (χ1) is 27.7. The number of rotatable bonds is 39. The molecule has 0 aliphatic heterocycles. The van der Waals surface area contributed by atoms with Crippen LogP contribution < -0.4 is 0 Å². The van der Waals surface area contributed by atoms with E-state index in [1.54, 1.807) is 0 Å². The van der Waals surface area contributed by atoms with Crippen molar-refractivity contribution in [2.24, 2.45) is 0 Å². The van der Waals surface area contributed by atoms with Gasteiger partial charge in [-0.15, -0.1) is 0 Å². The Balaban J connectivity index is 4.46. The number of carbonyl (C=O) groups excluding carboxylic acids is 2. The first kappa shape index (κ1) is 54.2. The second-order valence-corrected chi connectivity index (χ2v) is 15.4. The van der Waals surface area contributed by atoms with E-state index in [9.17, 15) is 24.2 Å². The van der Waals surface area contributed by atoms with Gasteiger partial charge in [0, 0.05) is 12.8 Å². The van der Waals surface area contributed by atoms with Gasteiger partial charge in [0.2, 0.25) is 0 Å². The van der Waals surface area contributed by atoms with Crippen LogP contribution in [0.5, 0.6) is 0 Å². The maximum atomic E-state index is 12.6. The van der Waals surface area contributed by atoms with E-state index in [1.165, 1.54) is 38.5 Å². The molecule has 0 rings (SSSR count). The molecule has 0 heterocycles. The molecule has 11 heteroatoms. The van der Waals surface area contributed by atoms with Gasteiger partial charge >= 0.3 is 19.8 Å². The van der Waals surface area contributed by atoms with Gasteiger partial charge in [-0.2, -0.15) is 0 Å². The van der Waals surface area contributed by atoms with Crippen molar-refractivity contribution in [1.29, 1.82) is 0 Å². The molecule has 0 aromatic rings. The van der Waals surface area contributed by atoms with E-state index in [-0.39, 0.29) is 19.4 Å². The summed E-state index contributed by atoms with van der Waals surface area (Å²) in [5, 5.41) is 18.3. The highest BCUT2D eigenvalue weighted by Gasteiger charge is 2.27. The zero-order chi connectivity index (χ0) is 41.9. The van der Waals surface area contributed by atoms with Crippen molar-refractivity contribution in [3.8, 4) is 0 Å². The molecule has 0 radical (unpaired) electrons. The summed E-state index contributed by atoms with van der Waals surface area (Å²) < 4.78 is 32.6. The largest absolute Gasteiger partial charge is 0.472 e. The van der Waals surface area contributed by atoms with E-state index >= 15 is 0 Å². The van der Waals surface area contributed by atoms with Gasteiger partial charge in [0.25, 0.3) is 0 Å². The van der Waals surface area contributed by atoms with Crippen LogP contribution in [0, 0.1) is 0 Å².